The van der Waals surface area contributed by atoms with Gasteiger partial charge in [-0.05, 0) is 0 Å². The van der Waals surface area contributed by atoms with E-state index in [1.54, 1.807) is 0 Å². The van der Waals surface area contributed by atoms with Gasteiger partial charge in [-0.25, -0.2) is 4.57 Å². The maximum atomic E-state index is 8.91. The molecule has 1 N–H and O–H groups in total. The third-order valence-electron chi connectivity index (χ3n) is 0. The summed E-state index contributed by atoms with van der Waals surface area (Å²) in [6.45, 7) is 0. The molecule has 0 aliphatic carbocycles. The lowest BCUT2D eigenvalue weighted by Crippen LogP contribution is -1.21. The molecule has 0 heterocycles. The summed E-state index contributed by atoms with van der Waals surface area (Å²) in [4.78, 5) is 7.33. The third-order valence-corrected chi connectivity index (χ3v) is 0. The summed E-state index contributed by atoms with van der Waals surface area (Å²) < 4.78 is 8.91. The van der Waals surface area contributed by atoms with Crippen LogP contribution >= 0.6 is 18.6 Å². The second kappa shape index (κ2) is 1.65. The quantitative estimate of drug-likeness (QED) is 0.458. The molecule has 0 spiro atoms. The van der Waals surface area contributed by atoms with Crippen LogP contribution in [0.4, 0.5) is 0 Å². The molecule has 0 fully saturated rings. The van der Waals surface area contributed by atoms with E-state index in [4.69, 9.17) is 9.46 Å². The number of hydrogen-bond acceptors (Lipinski definition) is 1. The molecule has 2 nitrogen and oxygen atoms in total. The number of rotatable bonds is 0. The van der Waals surface area contributed by atoms with Crippen LogP contribution < -0.4 is 0 Å². The molecule has 0 aromatic heterocycles. The van der Waals surface area contributed by atoms with Gasteiger partial charge >= 0.3 is 7.38 Å². The minimum Gasteiger partial charge on any atom is -0.308 e. The van der Waals surface area contributed by atoms with Crippen LogP contribution in [0.5, 0.6) is 0 Å². The molecule has 0 saturated heterocycles. The first-order valence-electron chi connectivity index (χ1n) is 0.552. The van der Waals surface area contributed by atoms with Crippen LogP contribution in [0.2, 0.25) is 0 Å². The lowest BCUT2D eigenvalue weighted by Gasteiger charge is -1.53. The molecule has 0 aliphatic rings. The predicted octanol–water partition coefficient (Wildman–Crippen LogP) is 0.875. The van der Waals surface area contributed by atoms with Crippen LogP contribution in [0, 0.1) is 0 Å². The van der Waals surface area contributed by atoms with E-state index in [0.717, 1.165) is 0 Å². The first-order chi connectivity index (χ1) is 1.73. The van der Waals surface area contributed by atoms with E-state index in [1.807, 2.05) is 0 Å². The Hall–Kier alpha value is 0.350. The van der Waals surface area contributed by atoms with Gasteiger partial charge in [0, 0.05) is 11.2 Å². The molecule has 4 heteroatoms. The molecular weight excluding hydrogens is 98.4 g/mol. The molecule has 25 valence electrons. The van der Waals surface area contributed by atoms with Gasteiger partial charge in [0.25, 0.3) is 0 Å². The zero-order chi connectivity index (χ0) is 3.58. The van der Waals surface area contributed by atoms with Crippen LogP contribution in [0.25, 0.3) is 0 Å². The van der Waals surface area contributed by atoms with Gasteiger partial charge in [0.15, 0.2) is 0 Å². The van der Waals surface area contributed by atoms with Crippen molar-refractivity contribution >= 4 is 18.6 Å². The molecule has 1 radical (unpaired) electrons. The highest BCUT2D eigenvalue weighted by molar-refractivity contribution is 7.68. The van der Waals surface area contributed by atoms with Crippen molar-refractivity contribution in [1.29, 1.82) is 0 Å². The van der Waals surface area contributed by atoms with Crippen molar-refractivity contribution in [2.24, 2.45) is 0 Å². The second-order valence-electron chi connectivity index (χ2n) is 0.226. The lowest BCUT2D eigenvalue weighted by molar-refractivity contribution is 0.518. The Morgan fingerprint density at radius 3 is 2.00 bits per heavy atom. The standard InChI is InChI=1S/ClHO2P/c1-4(2)3/h(H,2,3). The highest BCUT2D eigenvalue weighted by Crippen LogP contribution is 2.17. The van der Waals surface area contributed by atoms with Gasteiger partial charge in [-0.15, -0.1) is 0 Å². The fourth-order valence-corrected chi connectivity index (χ4v) is 0. The van der Waals surface area contributed by atoms with E-state index in [-0.39, 0.29) is 0 Å². The van der Waals surface area contributed by atoms with Gasteiger partial charge < -0.3 is 4.89 Å². The van der Waals surface area contributed by atoms with E-state index < -0.39 is 7.38 Å². The molecule has 0 amide bonds. The fourth-order valence-electron chi connectivity index (χ4n) is 0. The van der Waals surface area contributed by atoms with Crippen LogP contribution in [0.3, 0.4) is 0 Å². The molecule has 1 atom stereocenters. The largest absolute Gasteiger partial charge is 0.312 e. The number of hydrogen-bond donors (Lipinski definition) is 1. The van der Waals surface area contributed by atoms with E-state index in [9.17, 15) is 0 Å². The minimum absolute atomic E-state index is 2.40. The van der Waals surface area contributed by atoms with E-state index in [1.165, 1.54) is 0 Å². The van der Waals surface area contributed by atoms with Crippen LogP contribution in [-0.2, 0) is 4.57 Å². The minimum atomic E-state index is -2.40. The topological polar surface area (TPSA) is 37.3 Å². The Labute approximate surface area is 29.1 Å². The molecule has 0 saturated carbocycles. The predicted molar refractivity (Wildman–Crippen MR) is 15.7 cm³/mol. The SMILES string of the molecule is O=[P](O)Cl. The Morgan fingerprint density at radius 2 is 2.00 bits per heavy atom. The van der Waals surface area contributed by atoms with Gasteiger partial charge in [0.05, 0.1) is 0 Å². The Balaban J connectivity index is 2.80. The summed E-state index contributed by atoms with van der Waals surface area (Å²) in [5, 5.41) is 0. The van der Waals surface area contributed by atoms with Gasteiger partial charge in [-0.2, -0.15) is 0 Å². The first kappa shape index (κ1) is 4.35. The summed E-state index contributed by atoms with van der Waals surface area (Å²) in [5.74, 6) is 0. The zero-order valence-electron chi connectivity index (χ0n) is 1.68. The van der Waals surface area contributed by atoms with Crippen molar-refractivity contribution in [2.45, 2.75) is 0 Å². The highest BCUT2D eigenvalue weighted by atomic mass is 35.7. The van der Waals surface area contributed by atoms with Crippen molar-refractivity contribution in [3.05, 3.63) is 0 Å². The summed E-state index contributed by atoms with van der Waals surface area (Å²) in [7, 11) is -2.40. The van der Waals surface area contributed by atoms with E-state index >= 15 is 0 Å². The van der Waals surface area contributed by atoms with Gasteiger partial charge in [-0.1, -0.05) is 0 Å². The van der Waals surface area contributed by atoms with Crippen LogP contribution in [0.15, 0.2) is 0 Å². The average Bonchev–Trinajstić information content (AvgIpc) is 0.811. The van der Waals surface area contributed by atoms with Gasteiger partial charge in [0.2, 0.25) is 0 Å². The van der Waals surface area contributed by atoms with Crippen LogP contribution in [-0.4, -0.2) is 4.89 Å². The second-order valence-corrected chi connectivity index (χ2v) is 1.55. The average molecular weight is 99.4 g/mol. The smallest absolute Gasteiger partial charge is 0.308 e. The van der Waals surface area contributed by atoms with E-state index in [0.29, 0.717) is 0 Å². The Bertz CT molecular complexity index is 29.0. The zero-order valence-corrected chi connectivity index (χ0v) is 3.33. The Morgan fingerprint density at radius 1 is 2.00 bits per heavy atom. The molecular formula is HClO2P. The Kier molecular flexibility index (Phi) is 1.79. The van der Waals surface area contributed by atoms with E-state index in [2.05, 4.69) is 11.2 Å². The monoisotopic (exact) mass is 98.9 g/mol. The normalized spacial score (nSPS) is 11.0. The van der Waals surface area contributed by atoms with Crippen molar-refractivity contribution in [1.82, 2.24) is 0 Å². The molecule has 0 aromatic rings. The van der Waals surface area contributed by atoms with Crippen molar-refractivity contribution in [3.63, 3.8) is 0 Å². The van der Waals surface area contributed by atoms with Crippen LogP contribution in [0.1, 0.15) is 0 Å². The number of halogens is 1. The van der Waals surface area contributed by atoms with Crippen molar-refractivity contribution < 1.29 is 9.46 Å². The molecule has 0 rings (SSSR count). The third kappa shape index (κ3) is 35.0. The van der Waals surface area contributed by atoms with Crippen molar-refractivity contribution in [3.8, 4) is 0 Å². The van der Waals surface area contributed by atoms with Gasteiger partial charge in [0.1, 0.15) is 0 Å². The summed E-state index contributed by atoms with van der Waals surface area (Å²) in [6, 6.07) is 0. The molecule has 1 unspecified atom stereocenters. The maximum Gasteiger partial charge on any atom is 0.312 e. The molecule has 0 aliphatic heterocycles. The highest BCUT2D eigenvalue weighted by Gasteiger charge is 1.68. The molecule has 0 aromatic carbocycles. The lowest BCUT2D eigenvalue weighted by atomic mass is 15.9. The fraction of sp³-hybridized carbons (Fsp3) is 0. The van der Waals surface area contributed by atoms with Gasteiger partial charge in [-0.3, -0.25) is 0 Å². The van der Waals surface area contributed by atoms with Crippen molar-refractivity contribution in [2.75, 3.05) is 0 Å². The first-order valence-corrected chi connectivity index (χ1v) is 2.67. The maximum absolute atomic E-state index is 8.91. The molecule has 0 bridgehead atoms. The summed E-state index contributed by atoms with van der Waals surface area (Å²) in [6.07, 6.45) is 0. The summed E-state index contributed by atoms with van der Waals surface area (Å²) in [5.41, 5.74) is 0. The summed E-state index contributed by atoms with van der Waals surface area (Å²) >= 11 is 4.34. The molecule has 4 heavy (non-hydrogen) atoms.